The first-order valence-corrected chi connectivity index (χ1v) is 9.60. The molecule has 0 aliphatic rings. The predicted octanol–water partition coefficient (Wildman–Crippen LogP) is 4.18. The van der Waals surface area contributed by atoms with E-state index in [0.717, 1.165) is 17.0 Å². The minimum atomic E-state index is -0.429. The first kappa shape index (κ1) is 19.8. The molecule has 0 fully saturated rings. The molecule has 4 rings (SSSR count). The summed E-state index contributed by atoms with van der Waals surface area (Å²) in [5.41, 5.74) is 4.47. The molecule has 1 N–H and O–H groups in total. The molecule has 154 valence electrons. The van der Waals surface area contributed by atoms with E-state index in [-0.39, 0.29) is 23.2 Å². The summed E-state index contributed by atoms with van der Waals surface area (Å²) in [4.78, 5) is 17.6. The number of hydrogen-bond donors (Lipinski definition) is 1. The zero-order valence-electron chi connectivity index (χ0n) is 17.4. The lowest BCUT2D eigenvalue weighted by atomic mass is 10.0. The van der Waals surface area contributed by atoms with Crippen LogP contribution in [0.15, 0.2) is 34.9 Å². The second kappa shape index (κ2) is 7.37. The van der Waals surface area contributed by atoms with E-state index in [1.165, 1.54) is 6.07 Å². The quantitative estimate of drug-likeness (QED) is 0.549. The van der Waals surface area contributed by atoms with Crippen molar-refractivity contribution in [3.63, 3.8) is 0 Å². The van der Waals surface area contributed by atoms with E-state index in [0.29, 0.717) is 22.3 Å². The van der Waals surface area contributed by atoms with Gasteiger partial charge >= 0.3 is 0 Å². The molecule has 0 saturated heterocycles. The highest BCUT2D eigenvalue weighted by Crippen LogP contribution is 2.29. The van der Waals surface area contributed by atoms with Gasteiger partial charge in [-0.3, -0.25) is 9.48 Å². The third kappa shape index (κ3) is 3.24. The van der Waals surface area contributed by atoms with Crippen LogP contribution < -0.4 is 5.32 Å². The van der Waals surface area contributed by atoms with Gasteiger partial charge in [-0.1, -0.05) is 17.3 Å². The largest absolute Gasteiger partial charge is 0.345 e. The van der Waals surface area contributed by atoms with Gasteiger partial charge < -0.3 is 9.84 Å². The van der Waals surface area contributed by atoms with Gasteiger partial charge in [0.05, 0.1) is 34.1 Å². The third-order valence-electron chi connectivity index (χ3n) is 5.36. The van der Waals surface area contributed by atoms with E-state index < -0.39 is 5.82 Å². The Morgan fingerprint density at radius 2 is 1.93 bits per heavy atom. The number of halogens is 1. The zero-order valence-corrected chi connectivity index (χ0v) is 17.4. The van der Waals surface area contributed by atoms with E-state index in [1.54, 1.807) is 35.9 Å². The maximum absolute atomic E-state index is 14.3. The van der Waals surface area contributed by atoms with Crippen LogP contribution in [0.3, 0.4) is 0 Å². The summed E-state index contributed by atoms with van der Waals surface area (Å²) in [7, 11) is 1.87. The minimum absolute atomic E-state index is 0.194. The highest BCUT2D eigenvalue weighted by Gasteiger charge is 2.23. The van der Waals surface area contributed by atoms with Gasteiger partial charge in [0.1, 0.15) is 5.82 Å². The smallest absolute Gasteiger partial charge is 0.259 e. The molecular formula is C22H22FN5O2. The molecule has 8 heteroatoms. The summed E-state index contributed by atoms with van der Waals surface area (Å²) in [5, 5.41) is 11.9. The fourth-order valence-corrected chi connectivity index (χ4v) is 3.84. The minimum Gasteiger partial charge on any atom is -0.345 e. The molecule has 0 bridgehead atoms. The number of amides is 1. The summed E-state index contributed by atoms with van der Waals surface area (Å²) in [6, 6.07) is 7.58. The fourth-order valence-electron chi connectivity index (χ4n) is 3.84. The lowest BCUT2D eigenvalue weighted by Gasteiger charge is -2.16. The van der Waals surface area contributed by atoms with Gasteiger partial charge in [0.15, 0.2) is 0 Å². The second-order valence-corrected chi connectivity index (χ2v) is 7.39. The molecule has 0 unspecified atom stereocenters. The van der Waals surface area contributed by atoms with E-state index >= 15 is 0 Å². The van der Waals surface area contributed by atoms with Gasteiger partial charge in [0.2, 0.25) is 0 Å². The molecule has 1 atom stereocenters. The van der Waals surface area contributed by atoms with Crippen LogP contribution in [-0.2, 0) is 7.05 Å². The number of carbonyl (C=O) groups is 1. The summed E-state index contributed by atoms with van der Waals surface area (Å²) in [6.07, 6.45) is 0. The van der Waals surface area contributed by atoms with Crippen molar-refractivity contribution in [3.05, 3.63) is 64.4 Å². The van der Waals surface area contributed by atoms with Crippen LogP contribution in [0.2, 0.25) is 0 Å². The van der Waals surface area contributed by atoms with Crippen molar-refractivity contribution in [2.75, 3.05) is 0 Å². The molecule has 3 aromatic heterocycles. The number of nitrogens with zero attached hydrogens (tertiary/aromatic N) is 4. The fraction of sp³-hybridized carbons (Fsp3) is 0.273. The molecular weight excluding hydrogens is 385 g/mol. The Morgan fingerprint density at radius 3 is 2.60 bits per heavy atom. The standard InChI is InChI=1S/C22H22FN5O2/c1-11(19-12(2)26-28(5)14(19)4)24-21(29)16-10-18(15-8-6-7-9-17(15)23)25-22-20(16)13(3)27-30-22/h6-11H,1-5H3,(H,24,29)/t11-/m0/s1. The second-order valence-electron chi connectivity index (χ2n) is 7.39. The molecule has 0 saturated carbocycles. The van der Waals surface area contributed by atoms with Crippen LogP contribution in [0.1, 0.15) is 46.0 Å². The maximum atomic E-state index is 14.3. The number of nitrogens with one attached hydrogen (secondary N) is 1. The summed E-state index contributed by atoms with van der Waals surface area (Å²) in [6.45, 7) is 7.52. The van der Waals surface area contributed by atoms with Crippen LogP contribution in [0.5, 0.6) is 0 Å². The van der Waals surface area contributed by atoms with Gasteiger partial charge in [-0.25, -0.2) is 9.37 Å². The van der Waals surface area contributed by atoms with Gasteiger partial charge in [0, 0.05) is 23.9 Å². The van der Waals surface area contributed by atoms with E-state index in [1.807, 2.05) is 27.8 Å². The average Bonchev–Trinajstić information content (AvgIpc) is 3.20. The SMILES string of the molecule is Cc1nn(C)c(C)c1[C@H](C)NC(=O)c1cc(-c2ccccc2F)nc2onc(C)c12. The number of pyridine rings is 1. The lowest BCUT2D eigenvalue weighted by molar-refractivity contribution is 0.0941. The van der Waals surface area contributed by atoms with Crippen molar-refractivity contribution in [3.8, 4) is 11.3 Å². The number of aromatic nitrogens is 4. The predicted molar refractivity (Wildman–Crippen MR) is 110 cm³/mol. The van der Waals surface area contributed by atoms with Gasteiger partial charge in [-0.15, -0.1) is 0 Å². The van der Waals surface area contributed by atoms with Crippen molar-refractivity contribution in [2.24, 2.45) is 7.05 Å². The molecule has 0 spiro atoms. The van der Waals surface area contributed by atoms with Crippen LogP contribution in [0.4, 0.5) is 4.39 Å². The van der Waals surface area contributed by atoms with E-state index in [4.69, 9.17) is 4.52 Å². The number of carbonyl (C=O) groups excluding carboxylic acids is 1. The Balaban J connectivity index is 1.78. The van der Waals surface area contributed by atoms with Crippen LogP contribution in [-0.4, -0.2) is 25.8 Å². The summed E-state index contributed by atoms with van der Waals surface area (Å²) in [5.74, 6) is -0.747. The molecule has 1 amide bonds. The van der Waals surface area contributed by atoms with Gasteiger partial charge in [-0.2, -0.15) is 5.10 Å². The van der Waals surface area contributed by atoms with Crippen LogP contribution >= 0.6 is 0 Å². The zero-order chi connectivity index (χ0) is 21.6. The third-order valence-corrected chi connectivity index (χ3v) is 5.36. The number of rotatable bonds is 4. The number of hydrogen-bond acceptors (Lipinski definition) is 5. The van der Waals surface area contributed by atoms with E-state index in [9.17, 15) is 9.18 Å². The topological polar surface area (TPSA) is 85.8 Å². The molecule has 7 nitrogen and oxygen atoms in total. The van der Waals surface area contributed by atoms with Crippen molar-refractivity contribution >= 4 is 17.0 Å². The Kier molecular flexibility index (Phi) is 4.85. The van der Waals surface area contributed by atoms with E-state index in [2.05, 4.69) is 20.6 Å². The summed E-state index contributed by atoms with van der Waals surface area (Å²) >= 11 is 0. The average molecular weight is 407 g/mol. The first-order chi connectivity index (χ1) is 14.3. The van der Waals surface area contributed by atoms with Crippen molar-refractivity contribution in [1.82, 2.24) is 25.2 Å². The lowest BCUT2D eigenvalue weighted by Crippen LogP contribution is -2.27. The Labute approximate surface area is 172 Å². The van der Waals surface area contributed by atoms with Gasteiger partial charge in [0.25, 0.3) is 11.6 Å². The Morgan fingerprint density at radius 1 is 1.20 bits per heavy atom. The molecule has 0 aliphatic heterocycles. The van der Waals surface area contributed by atoms with Crippen molar-refractivity contribution < 1.29 is 13.7 Å². The molecule has 1 aromatic carbocycles. The Hall–Kier alpha value is -3.55. The molecule has 4 aromatic rings. The summed E-state index contributed by atoms with van der Waals surface area (Å²) < 4.78 is 21.4. The highest BCUT2D eigenvalue weighted by molar-refractivity contribution is 6.07. The number of aryl methyl sites for hydroxylation is 3. The molecule has 0 radical (unpaired) electrons. The van der Waals surface area contributed by atoms with Crippen molar-refractivity contribution in [2.45, 2.75) is 33.7 Å². The number of fused-ring (bicyclic) bond motifs is 1. The monoisotopic (exact) mass is 407 g/mol. The normalized spacial score (nSPS) is 12.3. The van der Waals surface area contributed by atoms with Gasteiger partial charge in [-0.05, 0) is 45.9 Å². The molecule has 3 heterocycles. The maximum Gasteiger partial charge on any atom is 0.259 e. The molecule has 0 aliphatic carbocycles. The number of benzene rings is 1. The molecule has 30 heavy (non-hydrogen) atoms. The highest BCUT2D eigenvalue weighted by atomic mass is 19.1. The first-order valence-electron chi connectivity index (χ1n) is 9.60. The van der Waals surface area contributed by atoms with Crippen molar-refractivity contribution in [1.29, 1.82) is 0 Å². The Bertz CT molecular complexity index is 1270. The van der Waals surface area contributed by atoms with Crippen LogP contribution in [0.25, 0.3) is 22.4 Å². The van der Waals surface area contributed by atoms with Crippen LogP contribution in [0, 0.1) is 26.6 Å².